The number of aliphatic hydroxyl groups excluding tert-OH is 1. The fourth-order valence-corrected chi connectivity index (χ4v) is 2.38. The van der Waals surface area contributed by atoms with Crippen LogP contribution in [0.25, 0.3) is 11.0 Å². The Hall–Kier alpha value is -2.08. The molecule has 2 N–H and O–H groups in total. The Labute approximate surface area is 129 Å². The second kappa shape index (κ2) is 6.79. The van der Waals surface area contributed by atoms with Crippen LogP contribution < -0.4 is 11.0 Å². The molecule has 0 aliphatic rings. The third-order valence-electron chi connectivity index (χ3n) is 3.82. The van der Waals surface area contributed by atoms with Crippen LogP contribution in [0.5, 0.6) is 0 Å². The Balaban J connectivity index is 2.20. The number of hydrogen-bond donors (Lipinski definition) is 2. The number of nitrogens with zero attached hydrogens (tertiary/aromatic N) is 2. The van der Waals surface area contributed by atoms with Gasteiger partial charge in [-0.05, 0) is 25.0 Å². The van der Waals surface area contributed by atoms with Crippen molar-refractivity contribution in [2.75, 3.05) is 6.54 Å². The molecule has 1 aromatic heterocycles. The van der Waals surface area contributed by atoms with Gasteiger partial charge in [0.15, 0.2) is 0 Å². The minimum absolute atomic E-state index is 0.0445. The van der Waals surface area contributed by atoms with Gasteiger partial charge in [0.2, 0.25) is 5.91 Å². The molecule has 0 saturated carbocycles. The standard InChI is InChI=1S/C16H23N3O3/c1-4-18-12-7-5-6-8-13(12)19(16(18)22)10-15(21)17-9-14(20)11(2)3/h5-8,11,14,20H,4,9-10H2,1-3H3,(H,17,21). The van der Waals surface area contributed by atoms with E-state index in [1.807, 2.05) is 45.0 Å². The number of hydrogen-bond acceptors (Lipinski definition) is 3. The molecule has 22 heavy (non-hydrogen) atoms. The monoisotopic (exact) mass is 305 g/mol. The highest BCUT2D eigenvalue weighted by atomic mass is 16.3. The van der Waals surface area contributed by atoms with Crippen molar-refractivity contribution in [1.29, 1.82) is 0 Å². The van der Waals surface area contributed by atoms with Crippen LogP contribution in [0.2, 0.25) is 0 Å². The maximum absolute atomic E-state index is 12.4. The average molecular weight is 305 g/mol. The van der Waals surface area contributed by atoms with Gasteiger partial charge in [0.25, 0.3) is 0 Å². The van der Waals surface area contributed by atoms with Gasteiger partial charge >= 0.3 is 5.69 Å². The Kier molecular flexibility index (Phi) is 5.03. The van der Waals surface area contributed by atoms with E-state index >= 15 is 0 Å². The molecule has 1 amide bonds. The smallest absolute Gasteiger partial charge is 0.329 e. The van der Waals surface area contributed by atoms with E-state index in [9.17, 15) is 14.7 Å². The summed E-state index contributed by atoms with van der Waals surface area (Å²) in [5.41, 5.74) is 1.38. The van der Waals surface area contributed by atoms with Crippen molar-refractivity contribution in [3.63, 3.8) is 0 Å². The van der Waals surface area contributed by atoms with Crippen LogP contribution >= 0.6 is 0 Å². The number of amides is 1. The topological polar surface area (TPSA) is 76.3 Å². The van der Waals surface area contributed by atoms with Crippen LogP contribution in [-0.4, -0.2) is 32.8 Å². The Bertz CT molecular complexity index is 715. The van der Waals surface area contributed by atoms with Crippen molar-refractivity contribution < 1.29 is 9.90 Å². The summed E-state index contributed by atoms with van der Waals surface area (Å²) in [6.07, 6.45) is -0.586. The number of fused-ring (bicyclic) bond motifs is 1. The highest BCUT2D eigenvalue weighted by Gasteiger charge is 2.15. The molecule has 0 saturated heterocycles. The molecule has 0 bridgehead atoms. The zero-order valence-corrected chi connectivity index (χ0v) is 13.2. The minimum Gasteiger partial charge on any atom is -0.391 e. The highest BCUT2D eigenvalue weighted by molar-refractivity contribution is 5.80. The lowest BCUT2D eigenvalue weighted by atomic mass is 10.1. The molecule has 6 nitrogen and oxygen atoms in total. The van der Waals surface area contributed by atoms with Crippen LogP contribution in [0.3, 0.4) is 0 Å². The number of nitrogens with one attached hydrogen (secondary N) is 1. The maximum atomic E-state index is 12.4. The maximum Gasteiger partial charge on any atom is 0.329 e. The molecule has 1 atom stereocenters. The predicted octanol–water partition coefficient (Wildman–Crippen LogP) is 0.956. The van der Waals surface area contributed by atoms with Crippen molar-refractivity contribution in [3.05, 3.63) is 34.7 Å². The number of para-hydroxylation sites is 2. The fourth-order valence-electron chi connectivity index (χ4n) is 2.38. The second-order valence-electron chi connectivity index (χ2n) is 5.72. The summed E-state index contributed by atoms with van der Waals surface area (Å²) in [4.78, 5) is 24.4. The Morgan fingerprint density at radius 2 is 1.82 bits per heavy atom. The van der Waals surface area contributed by atoms with Crippen LogP contribution in [-0.2, 0) is 17.9 Å². The van der Waals surface area contributed by atoms with Crippen molar-refractivity contribution in [2.45, 2.75) is 40.0 Å². The molecule has 0 radical (unpaired) electrons. The molecule has 1 aromatic carbocycles. The molecule has 1 unspecified atom stereocenters. The number of aromatic nitrogens is 2. The van der Waals surface area contributed by atoms with E-state index in [1.165, 1.54) is 4.57 Å². The van der Waals surface area contributed by atoms with Gasteiger partial charge in [-0.3, -0.25) is 13.9 Å². The summed E-state index contributed by atoms with van der Waals surface area (Å²) < 4.78 is 3.11. The number of aliphatic hydroxyl groups is 1. The summed E-state index contributed by atoms with van der Waals surface area (Å²) in [6.45, 7) is 6.37. The van der Waals surface area contributed by atoms with Gasteiger partial charge < -0.3 is 10.4 Å². The zero-order chi connectivity index (χ0) is 16.3. The van der Waals surface area contributed by atoms with Gasteiger partial charge in [0.05, 0.1) is 17.1 Å². The molecule has 6 heteroatoms. The second-order valence-corrected chi connectivity index (χ2v) is 5.72. The van der Waals surface area contributed by atoms with Crippen LogP contribution in [0, 0.1) is 5.92 Å². The van der Waals surface area contributed by atoms with E-state index in [0.29, 0.717) is 6.54 Å². The molecule has 2 aromatic rings. The summed E-state index contributed by atoms with van der Waals surface area (Å²) >= 11 is 0. The summed E-state index contributed by atoms with van der Waals surface area (Å²) in [7, 11) is 0. The zero-order valence-electron chi connectivity index (χ0n) is 13.2. The van der Waals surface area contributed by atoms with Crippen molar-refractivity contribution in [2.24, 2.45) is 5.92 Å². The van der Waals surface area contributed by atoms with Crippen LogP contribution in [0.1, 0.15) is 20.8 Å². The van der Waals surface area contributed by atoms with Gasteiger partial charge in [-0.15, -0.1) is 0 Å². The van der Waals surface area contributed by atoms with Gasteiger partial charge in [-0.2, -0.15) is 0 Å². The van der Waals surface area contributed by atoms with Crippen molar-refractivity contribution >= 4 is 16.9 Å². The highest BCUT2D eigenvalue weighted by Crippen LogP contribution is 2.12. The fraction of sp³-hybridized carbons (Fsp3) is 0.500. The third kappa shape index (κ3) is 3.22. The summed E-state index contributed by atoms with van der Waals surface area (Å²) in [5.74, 6) is -0.203. The summed E-state index contributed by atoms with van der Waals surface area (Å²) in [6, 6.07) is 7.42. The molecule has 0 aliphatic carbocycles. The van der Waals surface area contributed by atoms with Gasteiger partial charge in [0.1, 0.15) is 6.54 Å². The van der Waals surface area contributed by atoms with Gasteiger partial charge in [-0.1, -0.05) is 26.0 Å². The quantitative estimate of drug-likeness (QED) is 0.834. The largest absolute Gasteiger partial charge is 0.391 e. The molecule has 0 spiro atoms. The summed E-state index contributed by atoms with van der Waals surface area (Å²) in [5, 5.41) is 12.4. The van der Waals surface area contributed by atoms with Crippen molar-refractivity contribution in [3.8, 4) is 0 Å². The van der Waals surface area contributed by atoms with Gasteiger partial charge in [-0.25, -0.2) is 4.79 Å². The van der Waals surface area contributed by atoms with E-state index < -0.39 is 6.10 Å². The van der Waals surface area contributed by atoms with E-state index in [0.717, 1.165) is 11.0 Å². The molecule has 2 rings (SSSR count). The van der Waals surface area contributed by atoms with E-state index in [-0.39, 0.29) is 30.6 Å². The van der Waals surface area contributed by atoms with Gasteiger partial charge in [0, 0.05) is 13.1 Å². The van der Waals surface area contributed by atoms with E-state index in [4.69, 9.17) is 0 Å². The minimum atomic E-state index is -0.586. The molecular formula is C16H23N3O3. The number of rotatable bonds is 6. The van der Waals surface area contributed by atoms with Crippen LogP contribution in [0.4, 0.5) is 0 Å². The number of carbonyl (C=O) groups is 1. The van der Waals surface area contributed by atoms with E-state index in [2.05, 4.69) is 5.32 Å². The first-order valence-electron chi connectivity index (χ1n) is 7.58. The molecule has 1 heterocycles. The lowest BCUT2D eigenvalue weighted by Crippen LogP contribution is -2.38. The first kappa shape index (κ1) is 16.3. The first-order chi connectivity index (χ1) is 10.5. The molecule has 120 valence electrons. The molecule has 0 fully saturated rings. The molecular weight excluding hydrogens is 282 g/mol. The number of aryl methyl sites for hydroxylation is 1. The van der Waals surface area contributed by atoms with Crippen LogP contribution in [0.15, 0.2) is 29.1 Å². The number of benzene rings is 1. The van der Waals surface area contributed by atoms with E-state index in [1.54, 1.807) is 4.57 Å². The first-order valence-corrected chi connectivity index (χ1v) is 7.58. The lowest BCUT2D eigenvalue weighted by Gasteiger charge is -2.15. The number of carbonyl (C=O) groups excluding carboxylic acids is 1. The Morgan fingerprint density at radius 1 is 1.23 bits per heavy atom. The third-order valence-corrected chi connectivity index (χ3v) is 3.82. The number of imidazole rings is 1. The lowest BCUT2D eigenvalue weighted by molar-refractivity contribution is -0.122. The molecule has 0 aliphatic heterocycles. The van der Waals surface area contributed by atoms with Crippen molar-refractivity contribution in [1.82, 2.24) is 14.5 Å². The predicted molar refractivity (Wildman–Crippen MR) is 85.7 cm³/mol. The SMILES string of the molecule is CCn1c(=O)n(CC(=O)NCC(O)C(C)C)c2ccccc21. The normalized spacial score (nSPS) is 12.8. The Morgan fingerprint density at radius 3 is 2.36 bits per heavy atom. The average Bonchev–Trinajstić information content (AvgIpc) is 2.77.